The fraction of sp³-hybridized carbons (Fsp3) is 0.222. The number of nitro benzene ring substituents is 1. The predicted octanol–water partition coefficient (Wildman–Crippen LogP) is 5.30. The molecule has 0 bridgehead atoms. The van der Waals surface area contributed by atoms with Gasteiger partial charge in [0.25, 0.3) is 0 Å². The third-order valence-corrected chi connectivity index (χ3v) is 6.72. The van der Waals surface area contributed by atoms with E-state index in [0.29, 0.717) is 29.1 Å². The molecule has 3 aromatic rings. The third kappa shape index (κ3) is 4.08. The van der Waals surface area contributed by atoms with Crippen molar-refractivity contribution in [3.63, 3.8) is 0 Å². The van der Waals surface area contributed by atoms with Crippen LogP contribution in [0.25, 0.3) is 0 Å². The van der Waals surface area contributed by atoms with Gasteiger partial charge in [0.1, 0.15) is 0 Å². The molecule has 5 rings (SSSR count). The number of phenols is 1. The van der Waals surface area contributed by atoms with E-state index in [1.54, 1.807) is 20.3 Å². The van der Waals surface area contributed by atoms with Gasteiger partial charge in [0.05, 0.1) is 36.6 Å². The highest BCUT2D eigenvalue weighted by Gasteiger charge is 2.37. The molecule has 2 atom stereocenters. The minimum Gasteiger partial charge on any atom is -0.502 e. The van der Waals surface area contributed by atoms with E-state index >= 15 is 0 Å². The number of ketones is 1. The van der Waals surface area contributed by atoms with E-state index in [4.69, 9.17) is 9.47 Å². The molecule has 0 spiro atoms. The van der Waals surface area contributed by atoms with Crippen LogP contribution in [0.3, 0.4) is 0 Å². The summed E-state index contributed by atoms with van der Waals surface area (Å²) in [7, 11) is 3.15. The van der Waals surface area contributed by atoms with Crippen LogP contribution in [0.5, 0.6) is 17.2 Å². The number of allylic oxidation sites excluding steroid dienone is 1. The number of para-hydroxylation sites is 2. The maximum absolute atomic E-state index is 13.7. The van der Waals surface area contributed by atoms with Crippen molar-refractivity contribution in [2.45, 2.75) is 24.8 Å². The molecule has 1 aliphatic carbocycles. The average Bonchev–Trinajstić information content (AvgIpc) is 3.05. The Hall–Kier alpha value is -4.53. The van der Waals surface area contributed by atoms with Gasteiger partial charge in [-0.25, -0.2) is 0 Å². The molecule has 0 radical (unpaired) electrons. The van der Waals surface area contributed by atoms with Crippen molar-refractivity contribution in [2.75, 3.05) is 24.9 Å². The molecule has 0 aromatic heterocycles. The number of aromatic hydroxyl groups is 1. The summed E-state index contributed by atoms with van der Waals surface area (Å²) in [5.41, 5.74) is 3.92. The minimum absolute atomic E-state index is 0.0652. The van der Waals surface area contributed by atoms with E-state index in [1.165, 1.54) is 12.1 Å². The van der Waals surface area contributed by atoms with Crippen LogP contribution in [-0.2, 0) is 4.79 Å². The van der Waals surface area contributed by atoms with E-state index < -0.39 is 22.4 Å². The molecule has 9 heteroatoms. The van der Waals surface area contributed by atoms with Gasteiger partial charge in [-0.15, -0.1) is 0 Å². The van der Waals surface area contributed by atoms with E-state index in [9.17, 15) is 20.0 Å². The summed E-state index contributed by atoms with van der Waals surface area (Å²) < 4.78 is 10.8. The zero-order chi connectivity index (χ0) is 25.4. The van der Waals surface area contributed by atoms with Crippen LogP contribution in [0.15, 0.2) is 71.9 Å². The first-order valence-electron chi connectivity index (χ1n) is 11.5. The van der Waals surface area contributed by atoms with Crippen LogP contribution in [0.1, 0.15) is 35.9 Å². The van der Waals surface area contributed by atoms with Gasteiger partial charge in [0.15, 0.2) is 23.0 Å². The summed E-state index contributed by atoms with van der Waals surface area (Å²) >= 11 is 0. The highest BCUT2D eigenvalue weighted by molar-refractivity contribution is 6.01. The molecular formula is C27H25N3O6. The van der Waals surface area contributed by atoms with Crippen molar-refractivity contribution in [1.29, 1.82) is 0 Å². The molecule has 0 saturated heterocycles. The highest BCUT2D eigenvalue weighted by Crippen LogP contribution is 2.46. The Morgan fingerprint density at radius 1 is 0.944 bits per heavy atom. The zero-order valence-electron chi connectivity index (χ0n) is 19.8. The van der Waals surface area contributed by atoms with Crippen molar-refractivity contribution in [2.24, 2.45) is 0 Å². The topological polar surface area (TPSA) is 123 Å². The largest absolute Gasteiger partial charge is 0.502 e. The standard InChI is InChI=1S/C27H25N3O6/c1-35-24-10-8-15(14-25(24)36-2)17-11-20-26(23(32)13-17)27(29-19-6-4-3-5-18(19)28-20)16-7-9-22(31)21(12-16)30(33)34/h3-10,12,14,17,27-29,31H,11,13H2,1-2H3/t17-,27+/m0/s1. The number of benzene rings is 3. The number of methoxy groups -OCH3 is 2. The van der Waals surface area contributed by atoms with E-state index in [2.05, 4.69) is 10.6 Å². The van der Waals surface area contributed by atoms with Crippen LogP contribution in [0.4, 0.5) is 17.1 Å². The molecule has 3 N–H and O–H groups in total. The smallest absolute Gasteiger partial charge is 0.311 e. The molecule has 0 fully saturated rings. The molecular weight excluding hydrogens is 462 g/mol. The Morgan fingerprint density at radius 3 is 2.39 bits per heavy atom. The summed E-state index contributed by atoms with van der Waals surface area (Å²) in [6, 6.07) is 16.8. The van der Waals surface area contributed by atoms with Gasteiger partial charge in [0.2, 0.25) is 0 Å². The second kappa shape index (κ2) is 9.26. The molecule has 0 amide bonds. The van der Waals surface area contributed by atoms with Crippen molar-refractivity contribution < 1.29 is 24.3 Å². The number of nitro groups is 1. The molecule has 0 saturated carbocycles. The molecule has 0 unspecified atom stereocenters. The number of fused-ring (bicyclic) bond motifs is 1. The lowest BCUT2D eigenvalue weighted by atomic mass is 9.78. The number of hydrogen-bond acceptors (Lipinski definition) is 8. The van der Waals surface area contributed by atoms with Crippen molar-refractivity contribution in [3.05, 3.63) is 93.2 Å². The third-order valence-electron chi connectivity index (χ3n) is 6.72. The Labute approximate surface area is 207 Å². The number of rotatable bonds is 5. The summed E-state index contributed by atoms with van der Waals surface area (Å²) in [5, 5.41) is 28.3. The number of hydrogen-bond donors (Lipinski definition) is 3. The normalized spacial score (nSPS) is 18.8. The van der Waals surface area contributed by atoms with Gasteiger partial charge in [0, 0.05) is 23.8 Å². The lowest BCUT2D eigenvalue weighted by Crippen LogP contribution is -2.27. The Kier molecular flexibility index (Phi) is 5.97. The molecule has 9 nitrogen and oxygen atoms in total. The van der Waals surface area contributed by atoms with Crippen LogP contribution in [0.2, 0.25) is 0 Å². The Bertz CT molecular complexity index is 1400. The first-order valence-corrected chi connectivity index (χ1v) is 11.5. The van der Waals surface area contributed by atoms with Gasteiger partial charge in [-0.05, 0) is 53.8 Å². The lowest BCUT2D eigenvalue weighted by Gasteiger charge is -2.30. The number of nitrogens with zero attached hydrogens (tertiary/aromatic N) is 1. The summed E-state index contributed by atoms with van der Waals surface area (Å²) in [6.07, 6.45) is 0.827. The first-order chi connectivity index (χ1) is 17.4. The molecule has 3 aromatic carbocycles. The number of Topliss-reactive ketones (excluding diaryl/α,β-unsaturated/α-hetero) is 1. The fourth-order valence-corrected chi connectivity index (χ4v) is 4.95. The lowest BCUT2D eigenvalue weighted by molar-refractivity contribution is -0.385. The maximum Gasteiger partial charge on any atom is 0.311 e. The van der Waals surface area contributed by atoms with Crippen LogP contribution in [0, 0.1) is 10.1 Å². The first kappa shape index (κ1) is 23.2. The number of phenolic OH excluding ortho intramolecular Hbond substituents is 1. The van der Waals surface area contributed by atoms with Gasteiger partial charge in [-0.1, -0.05) is 24.3 Å². The quantitative estimate of drug-likeness (QED) is 0.327. The molecule has 1 heterocycles. The van der Waals surface area contributed by atoms with E-state index in [0.717, 1.165) is 22.6 Å². The fourth-order valence-electron chi connectivity index (χ4n) is 4.95. The monoisotopic (exact) mass is 487 g/mol. The van der Waals surface area contributed by atoms with Crippen molar-refractivity contribution >= 4 is 22.8 Å². The number of carbonyl (C=O) groups is 1. The van der Waals surface area contributed by atoms with Gasteiger partial charge < -0.3 is 25.2 Å². The van der Waals surface area contributed by atoms with Crippen LogP contribution < -0.4 is 20.1 Å². The molecule has 184 valence electrons. The van der Waals surface area contributed by atoms with Gasteiger partial charge >= 0.3 is 5.69 Å². The second-order valence-electron chi connectivity index (χ2n) is 8.79. The minimum atomic E-state index is -0.632. The maximum atomic E-state index is 13.7. The summed E-state index contributed by atoms with van der Waals surface area (Å²) in [4.78, 5) is 24.5. The molecule has 1 aliphatic heterocycles. The van der Waals surface area contributed by atoms with Crippen molar-refractivity contribution in [3.8, 4) is 17.2 Å². The van der Waals surface area contributed by atoms with Crippen LogP contribution in [-0.4, -0.2) is 30.0 Å². The SMILES string of the molecule is COc1ccc([C@@H]2CC(=O)C3=C(C2)Nc2ccccc2N[C@@H]3c2ccc(O)c([N+](=O)[O-])c2)cc1OC. The molecule has 36 heavy (non-hydrogen) atoms. The number of ether oxygens (including phenoxy) is 2. The number of carbonyl (C=O) groups excluding carboxylic acids is 1. The summed E-state index contributed by atoms with van der Waals surface area (Å²) in [5.74, 6) is 0.627. The summed E-state index contributed by atoms with van der Waals surface area (Å²) in [6.45, 7) is 0. The van der Waals surface area contributed by atoms with E-state index in [-0.39, 0.29) is 18.1 Å². The van der Waals surface area contributed by atoms with Gasteiger partial charge in [-0.3, -0.25) is 14.9 Å². The average molecular weight is 488 g/mol. The predicted molar refractivity (Wildman–Crippen MR) is 135 cm³/mol. The number of anilines is 2. The zero-order valence-corrected chi connectivity index (χ0v) is 19.8. The Balaban J connectivity index is 1.60. The van der Waals surface area contributed by atoms with Gasteiger partial charge in [-0.2, -0.15) is 0 Å². The molecule has 2 aliphatic rings. The second-order valence-corrected chi connectivity index (χ2v) is 8.79. The van der Waals surface area contributed by atoms with Crippen LogP contribution >= 0.6 is 0 Å². The highest BCUT2D eigenvalue weighted by atomic mass is 16.6. The van der Waals surface area contributed by atoms with Crippen molar-refractivity contribution in [1.82, 2.24) is 0 Å². The Morgan fingerprint density at radius 2 is 1.67 bits per heavy atom. The number of nitrogens with one attached hydrogen (secondary N) is 2. The van der Waals surface area contributed by atoms with E-state index in [1.807, 2.05) is 42.5 Å².